The second kappa shape index (κ2) is 5.37. The number of aldehydes is 1. The summed E-state index contributed by atoms with van der Waals surface area (Å²) in [6, 6.07) is 5.80. The van der Waals surface area contributed by atoms with Crippen LogP contribution in [-0.4, -0.2) is 14.6 Å². The maximum atomic E-state index is 10.9. The first-order chi connectivity index (χ1) is 8.19. The van der Waals surface area contributed by atoms with Crippen molar-refractivity contribution < 1.29 is 9.22 Å². The van der Waals surface area contributed by atoms with Crippen LogP contribution in [0.2, 0.25) is 18.1 Å². The molecule has 0 saturated carbocycles. The van der Waals surface area contributed by atoms with Crippen LogP contribution in [0.25, 0.3) is 0 Å². The summed E-state index contributed by atoms with van der Waals surface area (Å²) in [5.41, 5.74) is 2.90. The van der Waals surface area contributed by atoms with Gasteiger partial charge in [-0.25, -0.2) is 0 Å². The Morgan fingerprint density at radius 1 is 1.28 bits per heavy atom. The van der Waals surface area contributed by atoms with E-state index < -0.39 is 8.32 Å². The van der Waals surface area contributed by atoms with Gasteiger partial charge in [-0.05, 0) is 36.2 Å². The number of hydrogen-bond donors (Lipinski definition) is 0. The maximum Gasteiger partial charge on any atom is 0.192 e. The van der Waals surface area contributed by atoms with Gasteiger partial charge in [0.1, 0.15) is 6.29 Å². The minimum absolute atomic E-state index is 0.211. The van der Waals surface area contributed by atoms with E-state index in [1.807, 2.05) is 25.1 Å². The summed E-state index contributed by atoms with van der Waals surface area (Å²) in [6.07, 6.45) is 0.908. The zero-order valence-corrected chi connectivity index (χ0v) is 13.3. The molecule has 1 aromatic rings. The summed E-state index contributed by atoms with van der Waals surface area (Å²) < 4.78 is 6.18. The summed E-state index contributed by atoms with van der Waals surface area (Å²) in [7, 11) is -1.73. The van der Waals surface area contributed by atoms with Crippen molar-refractivity contribution in [3.63, 3.8) is 0 Å². The molecule has 0 spiro atoms. The van der Waals surface area contributed by atoms with Gasteiger partial charge >= 0.3 is 0 Å². The van der Waals surface area contributed by atoms with E-state index in [2.05, 4.69) is 33.9 Å². The molecular weight excluding hydrogens is 240 g/mol. The third-order valence-corrected chi connectivity index (χ3v) is 8.49. The predicted octanol–water partition coefficient (Wildman–Crippen LogP) is 4.33. The molecule has 0 unspecified atom stereocenters. The first-order valence-electron chi connectivity index (χ1n) is 6.36. The summed E-state index contributed by atoms with van der Waals surface area (Å²) in [4.78, 5) is 10.9. The monoisotopic (exact) mass is 264 g/mol. The highest BCUT2D eigenvalue weighted by Gasteiger charge is 2.37. The first-order valence-corrected chi connectivity index (χ1v) is 9.27. The molecule has 0 aliphatic carbocycles. The van der Waals surface area contributed by atoms with Gasteiger partial charge in [0.2, 0.25) is 0 Å². The average Bonchev–Trinajstić information content (AvgIpc) is 2.26. The van der Waals surface area contributed by atoms with Crippen molar-refractivity contribution in [2.24, 2.45) is 0 Å². The van der Waals surface area contributed by atoms with Gasteiger partial charge in [0.15, 0.2) is 8.32 Å². The molecule has 2 nitrogen and oxygen atoms in total. The molecule has 0 saturated heterocycles. The summed E-state index contributed by atoms with van der Waals surface area (Å²) >= 11 is 0. The molecule has 0 fully saturated rings. The fourth-order valence-corrected chi connectivity index (χ4v) is 2.41. The van der Waals surface area contributed by atoms with Gasteiger partial charge in [0.05, 0.1) is 6.61 Å². The lowest BCUT2D eigenvalue weighted by Crippen LogP contribution is -2.40. The molecule has 0 bridgehead atoms. The zero-order chi connectivity index (χ0) is 14.0. The highest BCUT2D eigenvalue weighted by molar-refractivity contribution is 6.74. The molecule has 0 N–H and O–H groups in total. The number of carbonyl (C=O) groups excluding carboxylic acids is 1. The summed E-state index contributed by atoms with van der Waals surface area (Å²) in [5.74, 6) is 0. The topological polar surface area (TPSA) is 26.3 Å². The Morgan fingerprint density at radius 2 is 1.89 bits per heavy atom. The van der Waals surface area contributed by atoms with E-state index in [0.717, 1.165) is 23.0 Å². The number of benzene rings is 1. The third-order valence-electron chi connectivity index (χ3n) is 4.01. The lowest BCUT2D eigenvalue weighted by Gasteiger charge is -2.36. The molecule has 1 rings (SSSR count). The van der Waals surface area contributed by atoms with E-state index in [0.29, 0.717) is 6.61 Å². The first kappa shape index (κ1) is 15.1. The van der Waals surface area contributed by atoms with Crippen molar-refractivity contribution in [3.05, 3.63) is 34.9 Å². The van der Waals surface area contributed by atoms with Crippen LogP contribution in [0.3, 0.4) is 0 Å². The fraction of sp³-hybridized carbons (Fsp3) is 0.533. The maximum absolute atomic E-state index is 10.9. The minimum atomic E-state index is -1.73. The lowest BCUT2D eigenvalue weighted by atomic mass is 10.0. The Balaban J connectivity index is 2.85. The molecule has 0 radical (unpaired) electrons. The van der Waals surface area contributed by atoms with Gasteiger partial charge in [0, 0.05) is 5.56 Å². The molecule has 1 aromatic carbocycles. The Hall–Kier alpha value is -0.933. The van der Waals surface area contributed by atoms with Crippen LogP contribution in [0.4, 0.5) is 0 Å². The zero-order valence-electron chi connectivity index (χ0n) is 12.3. The van der Waals surface area contributed by atoms with Crippen LogP contribution in [-0.2, 0) is 11.0 Å². The highest BCUT2D eigenvalue weighted by atomic mass is 28.4. The standard InChI is InChI=1S/C15H24O2Si/c1-12-13(10-16)8-7-9-14(12)11-17-18(5,6)15(2,3)4/h7-10H,11H2,1-6H3. The van der Waals surface area contributed by atoms with Crippen LogP contribution in [0.15, 0.2) is 18.2 Å². The Morgan fingerprint density at radius 3 is 2.39 bits per heavy atom. The Labute approximate surface area is 111 Å². The van der Waals surface area contributed by atoms with Crippen molar-refractivity contribution in [2.45, 2.75) is 52.4 Å². The van der Waals surface area contributed by atoms with E-state index in [1.54, 1.807) is 0 Å². The van der Waals surface area contributed by atoms with Gasteiger partial charge in [0.25, 0.3) is 0 Å². The molecular formula is C15H24O2Si. The molecule has 0 atom stereocenters. The summed E-state index contributed by atoms with van der Waals surface area (Å²) in [6.45, 7) is 13.8. The predicted molar refractivity (Wildman–Crippen MR) is 78.6 cm³/mol. The van der Waals surface area contributed by atoms with E-state index in [4.69, 9.17) is 4.43 Å². The van der Waals surface area contributed by atoms with Crippen molar-refractivity contribution in [1.82, 2.24) is 0 Å². The molecule has 0 heterocycles. The largest absolute Gasteiger partial charge is 0.413 e. The Kier molecular flexibility index (Phi) is 4.51. The second-order valence-corrected chi connectivity index (χ2v) is 11.1. The van der Waals surface area contributed by atoms with E-state index in [-0.39, 0.29) is 5.04 Å². The van der Waals surface area contributed by atoms with Crippen LogP contribution >= 0.6 is 0 Å². The van der Waals surface area contributed by atoms with Crippen LogP contribution < -0.4 is 0 Å². The van der Waals surface area contributed by atoms with E-state index in [1.165, 1.54) is 0 Å². The van der Waals surface area contributed by atoms with Gasteiger partial charge in [-0.1, -0.05) is 39.0 Å². The van der Waals surface area contributed by atoms with Crippen LogP contribution in [0, 0.1) is 6.92 Å². The average molecular weight is 264 g/mol. The number of carbonyl (C=O) groups is 1. The smallest absolute Gasteiger partial charge is 0.192 e. The second-order valence-electron chi connectivity index (χ2n) is 6.30. The molecule has 3 heteroatoms. The quantitative estimate of drug-likeness (QED) is 0.597. The van der Waals surface area contributed by atoms with Crippen molar-refractivity contribution in [2.75, 3.05) is 0 Å². The molecule has 0 amide bonds. The lowest BCUT2D eigenvalue weighted by molar-refractivity contribution is 0.112. The molecule has 0 aliphatic rings. The number of hydrogen-bond acceptors (Lipinski definition) is 2. The molecule has 18 heavy (non-hydrogen) atoms. The normalized spacial score (nSPS) is 12.6. The summed E-state index contributed by atoms with van der Waals surface area (Å²) in [5, 5.41) is 0.211. The van der Waals surface area contributed by atoms with E-state index >= 15 is 0 Å². The van der Waals surface area contributed by atoms with Gasteiger partial charge in [-0.3, -0.25) is 4.79 Å². The van der Waals surface area contributed by atoms with Crippen LogP contribution in [0.1, 0.15) is 42.3 Å². The van der Waals surface area contributed by atoms with Gasteiger partial charge < -0.3 is 4.43 Å². The van der Waals surface area contributed by atoms with Gasteiger partial charge in [-0.2, -0.15) is 0 Å². The molecule has 100 valence electrons. The fourth-order valence-electron chi connectivity index (χ4n) is 1.46. The molecule has 0 aromatic heterocycles. The molecule has 0 aliphatic heterocycles. The van der Waals surface area contributed by atoms with Crippen molar-refractivity contribution in [3.8, 4) is 0 Å². The third kappa shape index (κ3) is 3.30. The number of rotatable bonds is 4. The van der Waals surface area contributed by atoms with E-state index in [9.17, 15) is 4.79 Å². The minimum Gasteiger partial charge on any atom is -0.413 e. The SMILES string of the molecule is Cc1c(C=O)cccc1CO[Si](C)(C)C(C)(C)C. The Bertz CT molecular complexity index is 431. The van der Waals surface area contributed by atoms with Gasteiger partial charge in [-0.15, -0.1) is 0 Å². The highest BCUT2D eigenvalue weighted by Crippen LogP contribution is 2.37. The van der Waals surface area contributed by atoms with Crippen molar-refractivity contribution in [1.29, 1.82) is 0 Å². The van der Waals surface area contributed by atoms with Crippen LogP contribution in [0.5, 0.6) is 0 Å². The van der Waals surface area contributed by atoms with Crippen molar-refractivity contribution >= 4 is 14.6 Å².